The molecule has 9 nitrogen and oxygen atoms in total. The van der Waals surface area contributed by atoms with Crippen molar-refractivity contribution in [3.05, 3.63) is 44.1 Å². The second kappa shape index (κ2) is 7.16. The number of nitrogens with zero attached hydrogens (tertiary/aromatic N) is 5. The van der Waals surface area contributed by atoms with E-state index in [0.717, 1.165) is 22.0 Å². The summed E-state index contributed by atoms with van der Waals surface area (Å²) in [7, 11) is 0. The predicted octanol–water partition coefficient (Wildman–Crippen LogP) is 1.61. The van der Waals surface area contributed by atoms with Crippen LogP contribution in [0.2, 0.25) is 0 Å². The van der Waals surface area contributed by atoms with E-state index in [1.165, 1.54) is 17.4 Å². The molecule has 0 bridgehead atoms. The van der Waals surface area contributed by atoms with Gasteiger partial charge in [0.25, 0.3) is 5.56 Å². The number of aryl methyl sites for hydroxylation is 3. The van der Waals surface area contributed by atoms with E-state index >= 15 is 0 Å². The first-order valence-corrected chi connectivity index (χ1v) is 8.88. The molecule has 0 aliphatic rings. The number of hydrogen-bond acceptors (Lipinski definition) is 7. The Labute approximate surface area is 153 Å². The molecule has 10 heteroatoms. The number of rotatable bonds is 5. The molecule has 0 fully saturated rings. The Balaban J connectivity index is 1.75. The number of aromatic amines is 1. The first-order valence-electron chi connectivity index (χ1n) is 8.07. The molecule has 3 rings (SSSR count). The molecule has 3 aromatic rings. The van der Waals surface area contributed by atoms with Gasteiger partial charge in [-0.05, 0) is 39.7 Å². The predicted molar refractivity (Wildman–Crippen MR) is 97.8 cm³/mol. The van der Waals surface area contributed by atoms with Crippen LogP contribution in [0, 0.1) is 27.7 Å². The number of amides is 1. The summed E-state index contributed by atoms with van der Waals surface area (Å²) in [6.07, 6.45) is 0.821. The Hall–Kier alpha value is -2.88. The van der Waals surface area contributed by atoms with E-state index in [4.69, 9.17) is 0 Å². The normalized spacial score (nSPS) is 10.9. The van der Waals surface area contributed by atoms with Gasteiger partial charge in [-0.2, -0.15) is 5.10 Å². The van der Waals surface area contributed by atoms with Crippen molar-refractivity contribution in [3.63, 3.8) is 0 Å². The highest BCUT2D eigenvalue weighted by Gasteiger charge is 2.16. The summed E-state index contributed by atoms with van der Waals surface area (Å²) in [6, 6.07) is 1.43. The molecule has 0 radical (unpaired) electrons. The summed E-state index contributed by atoms with van der Waals surface area (Å²) in [5.74, 6) is 0.241. The van der Waals surface area contributed by atoms with Gasteiger partial charge >= 0.3 is 0 Å². The quantitative estimate of drug-likeness (QED) is 0.701. The van der Waals surface area contributed by atoms with Crippen LogP contribution in [0.4, 0.5) is 5.13 Å². The zero-order valence-corrected chi connectivity index (χ0v) is 15.8. The molecule has 0 aromatic carbocycles. The Morgan fingerprint density at radius 3 is 2.69 bits per heavy atom. The van der Waals surface area contributed by atoms with Gasteiger partial charge in [0.05, 0.1) is 5.69 Å². The molecule has 3 heterocycles. The second-order valence-electron chi connectivity index (χ2n) is 5.95. The number of carbonyl (C=O) groups excluding carboxylic acids is 1. The number of nitrogens with one attached hydrogen (secondary N) is 2. The van der Waals surface area contributed by atoms with E-state index < -0.39 is 0 Å². The lowest BCUT2D eigenvalue weighted by Gasteiger charge is -2.05. The van der Waals surface area contributed by atoms with Crippen LogP contribution < -0.4 is 10.9 Å². The van der Waals surface area contributed by atoms with Crippen molar-refractivity contribution in [1.82, 2.24) is 29.9 Å². The van der Waals surface area contributed by atoms with E-state index in [1.807, 2.05) is 20.8 Å². The first kappa shape index (κ1) is 17.9. The van der Waals surface area contributed by atoms with Crippen LogP contribution in [0.3, 0.4) is 0 Å². The van der Waals surface area contributed by atoms with Gasteiger partial charge in [0.15, 0.2) is 0 Å². The molecule has 0 saturated carbocycles. The number of carbonyl (C=O) groups is 1. The van der Waals surface area contributed by atoms with Gasteiger partial charge in [-0.25, -0.2) is 9.67 Å². The number of aromatic nitrogens is 6. The summed E-state index contributed by atoms with van der Waals surface area (Å²) in [5.41, 5.74) is 2.98. The maximum absolute atomic E-state index is 12.1. The Bertz CT molecular complexity index is 1020. The zero-order valence-electron chi connectivity index (χ0n) is 15.0. The SMILES string of the molecule is Cc1cc(=O)[nH]c(-n2nc(C)c(CCC(=O)Nc3nnc(C)s3)c2C)n1. The third-order valence-corrected chi connectivity index (χ3v) is 4.63. The lowest BCUT2D eigenvalue weighted by atomic mass is 10.1. The van der Waals surface area contributed by atoms with Crippen LogP contribution in [0.15, 0.2) is 10.9 Å². The average Bonchev–Trinajstić information content (AvgIpc) is 3.08. The van der Waals surface area contributed by atoms with E-state index in [-0.39, 0.29) is 11.5 Å². The highest BCUT2D eigenvalue weighted by Crippen LogP contribution is 2.18. The van der Waals surface area contributed by atoms with Crippen LogP contribution in [-0.2, 0) is 11.2 Å². The number of H-pyrrole nitrogens is 1. The highest BCUT2D eigenvalue weighted by atomic mass is 32.1. The Kier molecular flexibility index (Phi) is 4.94. The molecule has 0 saturated heterocycles. The first-order chi connectivity index (χ1) is 12.3. The van der Waals surface area contributed by atoms with Crippen molar-refractivity contribution in [3.8, 4) is 5.95 Å². The number of anilines is 1. The molecule has 0 spiro atoms. The van der Waals surface area contributed by atoms with E-state index in [2.05, 4.69) is 30.6 Å². The van der Waals surface area contributed by atoms with Gasteiger partial charge in [0.2, 0.25) is 17.0 Å². The van der Waals surface area contributed by atoms with E-state index in [9.17, 15) is 9.59 Å². The molecule has 1 amide bonds. The fraction of sp³-hybridized carbons (Fsp3) is 0.375. The number of hydrogen-bond donors (Lipinski definition) is 2. The largest absolute Gasteiger partial charge is 0.301 e. The Morgan fingerprint density at radius 2 is 2.04 bits per heavy atom. The molecule has 0 aliphatic heterocycles. The van der Waals surface area contributed by atoms with Crippen molar-refractivity contribution in [2.45, 2.75) is 40.5 Å². The topological polar surface area (TPSA) is 118 Å². The maximum atomic E-state index is 12.1. The van der Waals surface area contributed by atoms with Gasteiger partial charge in [0, 0.05) is 23.9 Å². The van der Waals surface area contributed by atoms with Crippen molar-refractivity contribution < 1.29 is 4.79 Å². The minimum atomic E-state index is -0.228. The molecule has 0 atom stereocenters. The zero-order chi connectivity index (χ0) is 18.8. The highest BCUT2D eigenvalue weighted by molar-refractivity contribution is 7.15. The summed E-state index contributed by atoms with van der Waals surface area (Å²) >= 11 is 1.34. The summed E-state index contributed by atoms with van der Waals surface area (Å²) < 4.78 is 1.60. The average molecular weight is 373 g/mol. The summed E-state index contributed by atoms with van der Waals surface area (Å²) in [5, 5.41) is 16.3. The lowest BCUT2D eigenvalue weighted by Crippen LogP contribution is -2.15. The van der Waals surface area contributed by atoms with Gasteiger partial charge in [-0.1, -0.05) is 11.3 Å². The fourth-order valence-corrected chi connectivity index (χ4v) is 3.28. The van der Waals surface area contributed by atoms with Crippen LogP contribution in [0.5, 0.6) is 0 Å². The molecule has 0 unspecified atom stereocenters. The van der Waals surface area contributed by atoms with Crippen molar-refractivity contribution in [2.24, 2.45) is 0 Å². The minimum absolute atomic E-state index is 0.130. The van der Waals surface area contributed by atoms with Crippen LogP contribution in [0.1, 0.15) is 34.1 Å². The maximum Gasteiger partial charge on any atom is 0.252 e. The Morgan fingerprint density at radius 1 is 1.27 bits per heavy atom. The molecule has 0 aliphatic carbocycles. The second-order valence-corrected chi connectivity index (χ2v) is 7.13. The van der Waals surface area contributed by atoms with Crippen LogP contribution in [0.25, 0.3) is 5.95 Å². The fourth-order valence-electron chi connectivity index (χ4n) is 2.67. The van der Waals surface area contributed by atoms with Crippen molar-refractivity contribution in [1.29, 1.82) is 0 Å². The van der Waals surface area contributed by atoms with Gasteiger partial charge < -0.3 is 5.32 Å². The standard InChI is InChI=1S/C16H19N7O2S/c1-8-7-14(25)18-15(17-8)23-10(3)12(9(2)22-23)5-6-13(24)19-16-21-20-11(4)26-16/h7H,5-6H2,1-4H3,(H,17,18,25)(H,19,21,24). The van der Waals surface area contributed by atoms with E-state index in [0.29, 0.717) is 29.6 Å². The van der Waals surface area contributed by atoms with Crippen LogP contribution >= 0.6 is 11.3 Å². The molecular formula is C16H19N7O2S. The van der Waals surface area contributed by atoms with E-state index in [1.54, 1.807) is 11.6 Å². The van der Waals surface area contributed by atoms with Crippen LogP contribution in [-0.4, -0.2) is 35.9 Å². The van der Waals surface area contributed by atoms with Gasteiger partial charge in [0.1, 0.15) is 5.01 Å². The monoisotopic (exact) mass is 373 g/mol. The lowest BCUT2D eigenvalue weighted by molar-refractivity contribution is -0.116. The molecule has 2 N–H and O–H groups in total. The van der Waals surface area contributed by atoms with Crippen molar-refractivity contribution in [2.75, 3.05) is 5.32 Å². The third kappa shape index (κ3) is 3.85. The molecule has 3 aromatic heterocycles. The smallest absolute Gasteiger partial charge is 0.252 e. The third-order valence-electron chi connectivity index (χ3n) is 3.87. The van der Waals surface area contributed by atoms with Gasteiger partial charge in [-0.15, -0.1) is 10.2 Å². The molecule has 26 heavy (non-hydrogen) atoms. The van der Waals surface area contributed by atoms with Crippen molar-refractivity contribution >= 4 is 22.4 Å². The van der Waals surface area contributed by atoms with Gasteiger partial charge in [-0.3, -0.25) is 14.6 Å². The molecular weight excluding hydrogens is 354 g/mol. The summed E-state index contributed by atoms with van der Waals surface area (Å²) in [6.45, 7) is 7.35. The minimum Gasteiger partial charge on any atom is -0.301 e. The molecule has 136 valence electrons. The summed E-state index contributed by atoms with van der Waals surface area (Å²) in [4.78, 5) is 30.8.